The predicted molar refractivity (Wildman–Crippen MR) is 61.6 cm³/mol. The molecule has 0 aromatic carbocycles. The van der Waals surface area contributed by atoms with Crippen molar-refractivity contribution < 1.29 is 9.47 Å². The van der Waals surface area contributed by atoms with Crippen molar-refractivity contribution in [1.29, 1.82) is 0 Å². The van der Waals surface area contributed by atoms with Crippen LogP contribution in [0, 0.1) is 0 Å². The highest BCUT2D eigenvalue weighted by atomic mass is 16.5. The number of rotatable bonds is 1. The molecule has 3 fully saturated rings. The molecule has 0 aromatic rings. The quantitative estimate of drug-likeness (QED) is 0.694. The van der Waals surface area contributed by atoms with Crippen LogP contribution in [0.25, 0.3) is 0 Å². The minimum Gasteiger partial charge on any atom is -0.379 e. The average molecular weight is 226 g/mol. The van der Waals surface area contributed by atoms with Crippen molar-refractivity contribution in [3.8, 4) is 0 Å². The molecule has 2 unspecified atom stereocenters. The Bertz CT molecular complexity index is 229. The molecule has 0 spiro atoms. The Morgan fingerprint density at radius 3 is 2.81 bits per heavy atom. The van der Waals surface area contributed by atoms with Crippen LogP contribution in [0.1, 0.15) is 19.3 Å². The SMILES string of the molecule is C1CC(N2CCOC3COCCC32)CCN1. The molecule has 1 N–H and O–H groups in total. The van der Waals surface area contributed by atoms with Crippen LogP contribution < -0.4 is 5.32 Å². The first-order valence-electron chi connectivity index (χ1n) is 6.61. The van der Waals surface area contributed by atoms with E-state index in [1.807, 2.05) is 0 Å². The van der Waals surface area contributed by atoms with Gasteiger partial charge in [0.25, 0.3) is 0 Å². The predicted octanol–water partition coefficient (Wildman–Crippen LogP) is 0.228. The fourth-order valence-electron chi connectivity index (χ4n) is 3.31. The molecule has 3 heterocycles. The largest absolute Gasteiger partial charge is 0.379 e. The van der Waals surface area contributed by atoms with Crippen LogP contribution in [0.15, 0.2) is 0 Å². The molecule has 16 heavy (non-hydrogen) atoms. The molecule has 0 aliphatic carbocycles. The second kappa shape index (κ2) is 5.00. The summed E-state index contributed by atoms with van der Waals surface area (Å²) < 4.78 is 11.3. The van der Waals surface area contributed by atoms with Crippen LogP contribution in [-0.4, -0.2) is 62.5 Å². The maximum Gasteiger partial charge on any atom is 0.0964 e. The number of ether oxygens (including phenoxy) is 2. The van der Waals surface area contributed by atoms with Gasteiger partial charge in [0, 0.05) is 25.2 Å². The molecule has 4 nitrogen and oxygen atoms in total. The van der Waals surface area contributed by atoms with Crippen LogP contribution >= 0.6 is 0 Å². The topological polar surface area (TPSA) is 33.7 Å². The van der Waals surface area contributed by atoms with E-state index in [4.69, 9.17) is 9.47 Å². The maximum absolute atomic E-state index is 5.82. The first-order chi connectivity index (χ1) is 7.95. The minimum atomic E-state index is 0.331. The zero-order chi connectivity index (χ0) is 10.8. The molecule has 0 bridgehead atoms. The van der Waals surface area contributed by atoms with E-state index in [2.05, 4.69) is 10.2 Å². The van der Waals surface area contributed by atoms with Crippen molar-refractivity contribution in [2.24, 2.45) is 0 Å². The Labute approximate surface area is 97.3 Å². The standard InChI is InChI=1S/C12H22N2O2/c1-4-13-5-2-10(1)14-6-8-16-12-9-15-7-3-11(12)14/h10-13H,1-9H2. The fraction of sp³-hybridized carbons (Fsp3) is 1.00. The molecular formula is C12H22N2O2. The number of nitrogens with zero attached hydrogens (tertiary/aromatic N) is 1. The molecule has 4 heteroatoms. The van der Waals surface area contributed by atoms with Gasteiger partial charge in [-0.3, -0.25) is 4.90 Å². The summed E-state index contributed by atoms with van der Waals surface area (Å²) in [7, 11) is 0. The minimum absolute atomic E-state index is 0.331. The molecule has 92 valence electrons. The number of piperidine rings is 1. The zero-order valence-electron chi connectivity index (χ0n) is 9.86. The summed E-state index contributed by atoms with van der Waals surface area (Å²) in [5.74, 6) is 0. The summed E-state index contributed by atoms with van der Waals surface area (Å²) in [6.07, 6.45) is 4.07. The van der Waals surface area contributed by atoms with Gasteiger partial charge < -0.3 is 14.8 Å². The average Bonchev–Trinajstić information content (AvgIpc) is 2.39. The van der Waals surface area contributed by atoms with Crippen LogP contribution in [0.4, 0.5) is 0 Å². The maximum atomic E-state index is 5.82. The Kier molecular flexibility index (Phi) is 3.43. The molecular weight excluding hydrogens is 204 g/mol. The highest BCUT2D eigenvalue weighted by molar-refractivity contribution is 4.91. The molecule has 3 aliphatic rings. The normalized spacial score (nSPS) is 38.2. The van der Waals surface area contributed by atoms with Gasteiger partial charge in [-0.2, -0.15) is 0 Å². The lowest BCUT2D eigenvalue weighted by Crippen LogP contribution is -2.60. The number of hydrogen-bond acceptors (Lipinski definition) is 4. The van der Waals surface area contributed by atoms with Gasteiger partial charge >= 0.3 is 0 Å². The lowest BCUT2D eigenvalue weighted by molar-refractivity contribution is -0.147. The number of morpholine rings is 1. The Hall–Kier alpha value is -0.160. The van der Waals surface area contributed by atoms with Crippen molar-refractivity contribution >= 4 is 0 Å². The van der Waals surface area contributed by atoms with E-state index >= 15 is 0 Å². The number of hydrogen-bond donors (Lipinski definition) is 1. The molecule has 0 saturated carbocycles. The fourth-order valence-corrected chi connectivity index (χ4v) is 3.31. The van der Waals surface area contributed by atoms with Crippen LogP contribution in [0.2, 0.25) is 0 Å². The monoisotopic (exact) mass is 226 g/mol. The Morgan fingerprint density at radius 2 is 1.94 bits per heavy atom. The van der Waals surface area contributed by atoms with Crippen molar-refractivity contribution in [1.82, 2.24) is 10.2 Å². The number of fused-ring (bicyclic) bond motifs is 1. The lowest BCUT2D eigenvalue weighted by Gasteiger charge is -2.48. The molecule has 3 saturated heterocycles. The van der Waals surface area contributed by atoms with E-state index in [-0.39, 0.29) is 0 Å². The zero-order valence-corrected chi connectivity index (χ0v) is 9.86. The lowest BCUT2D eigenvalue weighted by atomic mass is 9.96. The van der Waals surface area contributed by atoms with Gasteiger partial charge in [0.05, 0.1) is 19.3 Å². The van der Waals surface area contributed by atoms with Gasteiger partial charge in [-0.1, -0.05) is 0 Å². The van der Waals surface area contributed by atoms with Gasteiger partial charge in [0.1, 0.15) is 0 Å². The van der Waals surface area contributed by atoms with Crippen molar-refractivity contribution in [2.75, 3.05) is 39.5 Å². The highest BCUT2D eigenvalue weighted by Crippen LogP contribution is 2.26. The van der Waals surface area contributed by atoms with Gasteiger partial charge in [-0.05, 0) is 32.4 Å². The molecule has 3 rings (SSSR count). The molecule has 0 amide bonds. The smallest absolute Gasteiger partial charge is 0.0964 e. The summed E-state index contributed by atoms with van der Waals surface area (Å²) in [5, 5.41) is 3.44. The van der Waals surface area contributed by atoms with E-state index in [9.17, 15) is 0 Å². The van der Waals surface area contributed by atoms with Gasteiger partial charge in [0.2, 0.25) is 0 Å². The van der Waals surface area contributed by atoms with Crippen LogP contribution in [-0.2, 0) is 9.47 Å². The molecule has 3 aliphatic heterocycles. The molecule has 0 aromatic heterocycles. The first kappa shape index (κ1) is 11.0. The summed E-state index contributed by atoms with van der Waals surface area (Å²) in [5.41, 5.74) is 0. The number of nitrogens with one attached hydrogen (secondary N) is 1. The van der Waals surface area contributed by atoms with E-state index in [1.165, 1.54) is 25.9 Å². The van der Waals surface area contributed by atoms with Gasteiger partial charge in [-0.25, -0.2) is 0 Å². The second-order valence-corrected chi connectivity index (χ2v) is 5.06. The van der Waals surface area contributed by atoms with Gasteiger partial charge in [0.15, 0.2) is 0 Å². The Balaban J connectivity index is 1.67. The second-order valence-electron chi connectivity index (χ2n) is 5.06. The third kappa shape index (κ3) is 2.12. The molecule has 0 radical (unpaired) electrons. The van der Waals surface area contributed by atoms with Crippen molar-refractivity contribution in [2.45, 2.75) is 37.5 Å². The van der Waals surface area contributed by atoms with E-state index < -0.39 is 0 Å². The summed E-state index contributed by atoms with van der Waals surface area (Å²) >= 11 is 0. The van der Waals surface area contributed by atoms with Crippen molar-refractivity contribution in [3.05, 3.63) is 0 Å². The molecule has 2 atom stereocenters. The first-order valence-corrected chi connectivity index (χ1v) is 6.61. The summed E-state index contributed by atoms with van der Waals surface area (Å²) in [4.78, 5) is 2.71. The van der Waals surface area contributed by atoms with Crippen molar-refractivity contribution in [3.63, 3.8) is 0 Å². The third-order valence-corrected chi connectivity index (χ3v) is 4.15. The van der Waals surface area contributed by atoms with E-state index in [1.54, 1.807) is 0 Å². The highest BCUT2D eigenvalue weighted by Gasteiger charge is 2.38. The Morgan fingerprint density at radius 1 is 1.06 bits per heavy atom. The summed E-state index contributed by atoms with van der Waals surface area (Å²) in [6.45, 7) is 6.06. The third-order valence-electron chi connectivity index (χ3n) is 4.15. The van der Waals surface area contributed by atoms with Gasteiger partial charge in [-0.15, -0.1) is 0 Å². The van der Waals surface area contributed by atoms with E-state index in [0.29, 0.717) is 12.1 Å². The summed E-state index contributed by atoms with van der Waals surface area (Å²) in [6, 6.07) is 1.39. The van der Waals surface area contributed by atoms with Crippen LogP contribution in [0.5, 0.6) is 0 Å². The van der Waals surface area contributed by atoms with E-state index in [0.717, 1.165) is 38.8 Å². The van der Waals surface area contributed by atoms with Crippen LogP contribution in [0.3, 0.4) is 0 Å².